The summed E-state index contributed by atoms with van der Waals surface area (Å²) in [5.41, 5.74) is 2.36. The molecule has 0 bridgehead atoms. The first-order chi connectivity index (χ1) is 17.2. The van der Waals surface area contributed by atoms with Crippen molar-refractivity contribution in [1.82, 2.24) is 9.97 Å². The molecule has 2 aromatic rings. The van der Waals surface area contributed by atoms with Gasteiger partial charge in [-0.25, -0.2) is 9.97 Å². The summed E-state index contributed by atoms with van der Waals surface area (Å²) in [4.78, 5) is 21.4. The van der Waals surface area contributed by atoms with Crippen LogP contribution in [0, 0.1) is 11.8 Å². The molecule has 0 atom stereocenters. The molecule has 1 aromatic heterocycles. The zero-order valence-electron chi connectivity index (χ0n) is 22.1. The fourth-order valence-electron chi connectivity index (χ4n) is 5.27. The van der Waals surface area contributed by atoms with E-state index in [1.54, 1.807) is 12.4 Å². The van der Waals surface area contributed by atoms with E-state index in [1.165, 1.54) is 76.2 Å². The molecule has 192 valence electrons. The summed E-state index contributed by atoms with van der Waals surface area (Å²) in [7, 11) is 0. The summed E-state index contributed by atoms with van der Waals surface area (Å²) in [5, 5.41) is 0. The summed E-state index contributed by atoms with van der Waals surface area (Å²) >= 11 is 0. The Bertz CT molecular complexity index is 839. The van der Waals surface area contributed by atoms with Crippen LogP contribution in [0.5, 0.6) is 5.75 Å². The second-order valence-corrected chi connectivity index (χ2v) is 10.4. The summed E-state index contributed by atoms with van der Waals surface area (Å²) in [6, 6.07) is 8.57. The van der Waals surface area contributed by atoms with Gasteiger partial charge in [0.1, 0.15) is 0 Å². The second-order valence-electron chi connectivity index (χ2n) is 10.4. The van der Waals surface area contributed by atoms with Crippen molar-refractivity contribution >= 4 is 5.97 Å². The lowest BCUT2D eigenvalue weighted by Gasteiger charge is -2.26. The van der Waals surface area contributed by atoms with Gasteiger partial charge < -0.3 is 4.74 Å². The van der Waals surface area contributed by atoms with Crippen LogP contribution in [-0.4, -0.2) is 15.9 Å². The number of nitrogens with zero attached hydrogens (tertiary/aromatic N) is 2. The number of benzene rings is 1. The fraction of sp³-hybridized carbons (Fsp3) is 0.645. The molecule has 1 heterocycles. The highest BCUT2D eigenvalue weighted by Gasteiger charge is 2.27. The van der Waals surface area contributed by atoms with Crippen molar-refractivity contribution in [3.05, 3.63) is 42.2 Å². The Balaban J connectivity index is 1.36. The van der Waals surface area contributed by atoms with Gasteiger partial charge in [0.15, 0.2) is 11.6 Å². The molecular formula is C31H46N2O2. The van der Waals surface area contributed by atoms with Gasteiger partial charge in [0.05, 0.1) is 18.3 Å². The molecule has 35 heavy (non-hydrogen) atoms. The van der Waals surface area contributed by atoms with Crippen LogP contribution < -0.4 is 4.74 Å². The van der Waals surface area contributed by atoms with Gasteiger partial charge in [0.25, 0.3) is 0 Å². The first kappa shape index (κ1) is 27.4. The number of aromatic nitrogens is 2. The third-order valence-corrected chi connectivity index (χ3v) is 7.50. The molecule has 0 amide bonds. The van der Waals surface area contributed by atoms with Crippen molar-refractivity contribution in [2.24, 2.45) is 11.8 Å². The largest absolute Gasteiger partial charge is 0.423 e. The van der Waals surface area contributed by atoms with E-state index in [0.29, 0.717) is 11.6 Å². The fourth-order valence-corrected chi connectivity index (χ4v) is 5.27. The highest BCUT2D eigenvalue weighted by molar-refractivity contribution is 5.75. The van der Waals surface area contributed by atoms with E-state index in [2.05, 4.69) is 48.1 Å². The van der Waals surface area contributed by atoms with E-state index in [-0.39, 0.29) is 11.9 Å². The molecule has 4 heteroatoms. The van der Waals surface area contributed by atoms with E-state index in [9.17, 15) is 4.79 Å². The van der Waals surface area contributed by atoms with Crippen LogP contribution in [0.25, 0.3) is 11.4 Å². The molecule has 1 fully saturated rings. The number of aryl methyl sites for hydroxylation is 1. The third kappa shape index (κ3) is 9.74. The molecule has 1 aromatic carbocycles. The van der Waals surface area contributed by atoms with Gasteiger partial charge in [-0.15, -0.1) is 0 Å². The van der Waals surface area contributed by atoms with Crippen LogP contribution >= 0.6 is 0 Å². The Labute approximate surface area is 213 Å². The molecule has 1 saturated carbocycles. The molecule has 0 unspecified atom stereocenters. The molecule has 0 saturated heterocycles. The minimum atomic E-state index is -0.128. The molecule has 1 aliphatic rings. The monoisotopic (exact) mass is 478 g/mol. The lowest BCUT2D eigenvalue weighted by atomic mass is 9.80. The molecule has 0 aliphatic heterocycles. The van der Waals surface area contributed by atoms with Crippen molar-refractivity contribution in [3.8, 4) is 17.1 Å². The van der Waals surface area contributed by atoms with Crippen molar-refractivity contribution < 1.29 is 9.53 Å². The van der Waals surface area contributed by atoms with Crippen LogP contribution in [-0.2, 0) is 11.2 Å². The molecule has 0 N–H and O–H groups in total. The zero-order valence-corrected chi connectivity index (χ0v) is 22.1. The summed E-state index contributed by atoms with van der Waals surface area (Å²) in [6.07, 6.45) is 23.3. The van der Waals surface area contributed by atoms with Crippen molar-refractivity contribution in [3.63, 3.8) is 0 Å². The predicted molar refractivity (Wildman–Crippen MR) is 144 cm³/mol. The number of ether oxygens (including phenoxy) is 1. The van der Waals surface area contributed by atoms with Gasteiger partial charge in [-0.3, -0.25) is 4.79 Å². The number of hydrogen-bond acceptors (Lipinski definition) is 4. The minimum absolute atomic E-state index is 0.0149. The van der Waals surface area contributed by atoms with Gasteiger partial charge in [-0.05, 0) is 50.0 Å². The predicted octanol–water partition coefficient (Wildman–Crippen LogP) is 8.73. The molecule has 1 aliphatic carbocycles. The Morgan fingerprint density at radius 1 is 0.800 bits per heavy atom. The van der Waals surface area contributed by atoms with Crippen molar-refractivity contribution in [1.29, 1.82) is 0 Å². The Hall–Kier alpha value is -2.23. The quantitative estimate of drug-likeness (QED) is 0.190. The van der Waals surface area contributed by atoms with Gasteiger partial charge in [0, 0.05) is 5.56 Å². The maximum Gasteiger partial charge on any atom is 0.314 e. The average Bonchev–Trinajstić information content (AvgIpc) is 2.89. The molecular weight excluding hydrogens is 432 g/mol. The number of esters is 1. The van der Waals surface area contributed by atoms with Gasteiger partial charge >= 0.3 is 5.97 Å². The maximum atomic E-state index is 12.5. The maximum absolute atomic E-state index is 12.5. The number of carbonyl (C=O) groups excluding carboxylic acids is 1. The van der Waals surface area contributed by atoms with Crippen LogP contribution in [0.15, 0.2) is 36.7 Å². The van der Waals surface area contributed by atoms with E-state index in [1.807, 2.05) is 0 Å². The molecule has 3 rings (SSSR count). The van der Waals surface area contributed by atoms with Crippen molar-refractivity contribution in [2.45, 2.75) is 117 Å². The number of hydrogen-bond donors (Lipinski definition) is 0. The van der Waals surface area contributed by atoms with E-state index in [0.717, 1.165) is 43.6 Å². The lowest BCUT2D eigenvalue weighted by molar-refractivity contribution is -0.140. The van der Waals surface area contributed by atoms with E-state index in [4.69, 9.17) is 4.74 Å². The highest BCUT2D eigenvalue weighted by atomic mass is 16.5. The topological polar surface area (TPSA) is 52.1 Å². The summed E-state index contributed by atoms with van der Waals surface area (Å²) < 4.78 is 5.59. The smallest absolute Gasteiger partial charge is 0.314 e. The second kappa shape index (κ2) is 15.7. The number of unbranched alkanes of at least 4 members (excludes halogenated alkanes) is 8. The normalized spacial score (nSPS) is 17.9. The summed E-state index contributed by atoms with van der Waals surface area (Å²) in [5.74, 6) is 1.78. The first-order valence-electron chi connectivity index (χ1n) is 14.3. The Kier molecular flexibility index (Phi) is 12.3. The van der Waals surface area contributed by atoms with Gasteiger partial charge in [-0.1, -0.05) is 102 Å². The van der Waals surface area contributed by atoms with Gasteiger partial charge in [0.2, 0.25) is 0 Å². The lowest BCUT2D eigenvalue weighted by Crippen LogP contribution is -2.25. The van der Waals surface area contributed by atoms with Crippen LogP contribution in [0.2, 0.25) is 0 Å². The average molecular weight is 479 g/mol. The Morgan fingerprint density at radius 2 is 1.40 bits per heavy atom. The van der Waals surface area contributed by atoms with Gasteiger partial charge in [-0.2, -0.15) is 0 Å². The minimum Gasteiger partial charge on any atom is -0.423 e. The van der Waals surface area contributed by atoms with E-state index < -0.39 is 0 Å². The first-order valence-corrected chi connectivity index (χ1v) is 14.3. The standard InChI is InChI=1S/C31H46N2O2/c1-3-5-6-7-8-9-10-11-12-14-26-15-19-27(20-16-26)30-32-23-29(24-33-30)35-31(34)28-21-17-25(13-4-2)18-22-28/h15-16,19-20,23-25,28H,3-14,17-18,21-22H2,1-2H3/t25-,28-. The molecule has 0 radical (unpaired) electrons. The number of rotatable bonds is 15. The molecule has 4 nitrogen and oxygen atoms in total. The van der Waals surface area contributed by atoms with E-state index >= 15 is 0 Å². The molecule has 0 spiro atoms. The summed E-state index contributed by atoms with van der Waals surface area (Å²) in [6.45, 7) is 4.51. The highest BCUT2D eigenvalue weighted by Crippen LogP contribution is 2.32. The van der Waals surface area contributed by atoms with Crippen LogP contribution in [0.4, 0.5) is 0 Å². The Morgan fingerprint density at radius 3 is 2.00 bits per heavy atom. The zero-order chi connectivity index (χ0) is 24.7. The van der Waals surface area contributed by atoms with Crippen LogP contribution in [0.1, 0.15) is 116 Å². The van der Waals surface area contributed by atoms with Crippen molar-refractivity contribution in [2.75, 3.05) is 0 Å². The number of carbonyl (C=O) groups is 1. The van der Waals surface area contributed by atoms with Crippen LogP contribution in [0.3, 0.4) is 0 Å². The third-order valence-electron chi connectivity index (χ3n) is 7.50. The SMILES string of the molecule is CCCCCCCCCCCc1ccc(-c2ncc(OC(=O)[C@H]3CC[C@H](CCC)CC3)cn2)cc1.